The predicted octanol–water partition coefficient (Wildman–Crippen LogP) is 1.99. The van der Waals surface area contributed by atoms with E-state index in [0.29, 0.717) is 13.2 Å². The molecule has 1 heterocycles. The van der Waals surface area contributed by atoms with Gasteiger partial charge in [-0.1, -0.05) is 30.3 Å². The quantitative estimate of drug-likeness (QED) is 0.801. The first-order valence-corrected chi connectivity index (χ1v) is 5.67. The van der Waals surface area contributed by atoms with Crippen LogP contribution < -0.4 is 5.73 Å². The van der Waals surface area contributed by atoms with Gasteiger partial charge in [0, 0.05) is 0 Å². The second-order valence-corrected chi connectivity index (χ2v) is 3.95. The normalized spacial score (nSPS) is 10.6. The first-order chi connectivity index (χ1) is 8.27. The fourth-order valence-corrected chi connectivity index (χ4v) is 1.60. The van der Waals surface area contributed by atoms with Gasteiger partial charge in [0.05, 0.1) is 37.3 Å². The van der Waals surface area contributed by atoms with Gasteiger partial charge in [-0.05, 0) is 12.5 Å². The van der Waals surface area contributed by atoms with Crippen molar-refractivity contribution in [3.63, 3.8) is 0 Å². The maximum Gasteiger partial charge on any atom is 0.0730 e. The molecule has 0 fully saturated rings. The molecule has 0 spiro atoms. The van der Waals surface area contributed by atoms with E-state index in [4.69, 9.17) is 10.5 Å². The Morgan fingerprint density at radius 3 is 2.71 bits per heavy atom. The molecule has 0 saturated carbocycles. The topological polar surface area (TPSA) is 53.1 Å². The molecule has 0 radical (unpaired) electrons. The van der Waals surface area contributed by atoms with E-state index in [1.807, 2.05) is 29.8 Å². The Morgan fingerprint density at radius 2 is 2.06 bits per heavy atom. The van der Waals surface area contributed by atoms with Crippen LogP contribution in [-0.2, 0) is 17.9 Å². The number of anilines is 1. The highest BCUT2D eigenvalue weighted by Crippen LogP contribution is 2.08. The van der Waals surface area contributed by atoms with Crippen LogP contribution in [0.5, 0.6) is 0 Å². The highest BCUT2D eigenvalue weighted by Gasteiger charge is 2.01. The third-order valence-corrected chi connectivity index (χ3v) is 2.70. The Bertz CT molecular complexity index is 465. The van der Waals surface area contributed by atoms with E-state index in [2.05, 4.69) is 17.2 Å². The molecule has 0 atom stereocenters. The fourth-order valence-electron chi connectivity index (χ4n) is 1.60. The van der Waals surface area contributed by atoms with Gasteiger partial charge in [-0.2, -0.15) is 5.10 Å². The zero-order valence-corrected chi connectivity index (χ0v) is 9.97. The Labute approximate surface area is 101 Å². The van der Waals surface area contributed by atoms with E-state index in [1.165, 1.54) is 5.56 Å². The van der Waals surface area contributed by atoms with Crippen LogP contribution >= 0.6 is 0 Å². The monoisotopic (exact) mass is 231 g/mol. The van der Waals surface area contributed by atoms with E-state index in [1.54, 1.807) is 6.20 Å². The number of hydrogen-bond acceptors (Lipinski definition) is 3. The van der Waals surface area contributed by atoms with Crippen molar-refractivity contribution in [3.8, 4) is 0 Å². The Hall–Kier alpha value is -1.81. The van der Waals surface area contributed by atoms with E-state index in [9.17, 15) is 0 Å². The molecule has 1 aromatic carbocycles. The standard InChI is InChI=1S/C13H17N3O/c1-11-13(14)9-15-16(11)7-8-17-10-12-5-3-2-4-6-12/h2-6,9H,7-8,10,14H2,1H3. The number of benzene rings is 1. The average molecular weight is 231 g/mol. The van der Waals surface area contributed by atoms with Crippen molar-refractivity contribution >= 4 is 5.69 Å². The van der Waals surface area contributed by atoms with Gasteiger partial charge in [0.1, 0.15) is 0 Å². The van der Waals surface area contributed by atoms with Gasteiger partial charge < -0.3 is 10.5 Å². The van der Waals surface area contributed by atoms with Crippen LogP contribution in [0.3, 0.4) is 0 Å². The third kappa shape index (κ3) is 3.07. The summed E-state index contributed by atoms with van der Waals surface area (Å²) in [7, 11) is 0. The van der Waals surface area contributed by atoms with Crippen LogP contribution in [0.15, 0.2) is 36.5 Å². The van der Waals surface area contributed by atoms with Crippen molar-refractivity contribution in [1.29, 1.82) is 0 Å². The number of nitrogens with two attached hydrogens (primary N) is 1. The molecule has 2 N–H and O–H groups in total. The lowest BCUT2D eigenvalue weighted by Crippen LogP contribution is -2.09. The van der Waals surface area contributed by atoms with E-state index < -0.39 is 0 Å². The van der Waals surface area contributed by atoms with Gasteiger partial charge in [0.15, 0.2) is 0 Å². The number of hydrogen-bond donors (Lipinski definition) is 1. The van der Waals surface area contributed by atoms with Crippen molar-refractivity contribution in [2.75, 3.05) is 12.3 Å². The van der Waals surface area contributed by atoms with E-state index >= 15 is 0 Å². The van der Waals surface area contributed by atoms with Gasteiger partial charge in [-0.25, -0.2) is 0 Å². The second kappa shape index (κ2) is 5.50. The van der Waals surface area contributed by atoms with Crippen molar-refractivity contribution < 1.29 is 4.74 Å². The van der Waals surface area contributed by atoms with Crippen LogP contribution in [0.25, 0.3) is 0 Å². The lowest BCUT2D eigenvalue weighted by atomic mass is 10.2. The number of nitrogens with zero attached hydrogens (tertiary/aromatic N) is 2. The zero-order valence-electron chi connectivity index (χ0n) is 9.97. The first-order valence-electron chi connectivity index (χ1n) is 5.67. The average Bonchev–Trinajstić information content (AvgIpc) is 2.67. The molecule has 0 unspecified atom stereocenters. The molecule has 2 rings (SSSR count). The molecular weight excluding hydrogens is 214 g/mol. The van der Waals surface area contributed by atoms with Crippen LogP contribution in [0.4, 0.5) is 5.69 Å². The second-order valence-electron chi connectivity index (χ2n) is 3.95. The summed E-state index contributed by atoms with van der Waals surface area (Å²) in [6.07, 6.45) is 1.67. The summed E-state index contributed by atoms with van der Waals surface area (Å²) in [5.74, 6) is 0. The molecule has 4 heteroatoms. The fraction of sp³-hybridized carbons (Fsp3) is 0.308. The maximum absolute atomic E-state index is 5.71. The Kier molecular flexibility index (Phi) is 3.77. The first kappa shape index (κ1) is 11.7. The molecule has 0 amide bonds. The van der Waals surface area contributed by atoms with Crippen molar-refractivity contribution in [2.24, 2.45) is 0 Å². The van der Waals surface area contributed by atoms with Gasteiger partial charge in [-0.3, -0.25) is 4.68 Å². The third-order valence-electron chi connectivity index (χ3n) is 2.70. The molecule has 0 saturated heterocycles. The lowest BCUT2D eigenvalue weighted by molar-refractivity contribution is 0.110. The summed E-state index contributed by atoms with van der Waals surface area (Å²) in [5.41, 5.74) is 8.62. The smallest absolute Gasteiger partial charge is 0.0730 e. The molecule has 17 heavy (non-hydrogen) atoms. The number of rotatable bonds is 5. The minimum Gasteiger partial charge on any atom is -0.396 e. The summed E-state index contributed by atoms with van der Waals surface area (Å²) in [6, 6.07) is 10.1. The molecule has 1 aromatic heterocycles. The van der Waals surface area contributed by atoms with Crippen LogP contribution in [0.1, 0.15) is 11.3 Å². The molecule has 2 aromatic rings. The highest BCUT2D eigenvalue weighted by atomic mass is 16.5. The molecule has 90 valence electrons. The summed E-state index contributed by atoms with van der Waals surface area (Å²) >= 11 is 0. The van der Waals surface area contributed by atoms with Crippen molar-refractivity contribution in [3.05, 3.63) is 47.8 Å². The predicted molar refractivity (Wildman–Crippen MR) is 67.5 cm³/mol. The lowest BCUT2D eigenvalue weighted by Gasteiger charge is -2.06. The highest BCUT2D eigenvalue weighted by molar-refractivity contribution is 5.39. The maximum atomic E-state index is 5.71. The SMILES string of the molecule is Cc1c(N)cnn1CCOCc1ccccc1. The van der Waals surface area contributed by atoms with Crippen LogP contribution in [0, 0.1) is 6.92 Å². The number of ether oxygens (including phenoxy) is 1. The van der Waals surface area contributed by atoms with Gasteiger partial charge in [-0.15, -0.1) is 0 Å². The van der Waals surface area contributed by atoms with Crippen LogP contribution in [-0.4, -0.2) is 16.4 Å². The molecule has 0 aliphatic carbocycles. The molecule has 0 bridgehead atoms. The summed E-state index contributed by atoms with van der Waals surface area (Å²) in [4.78, 5) is 0. The van der Waals surface area contributed by atoms with Crippen molar-refractivity contribution in [2.45, 2.75) is 20.1 Å². The Morgan fingerprint density at radius 1 is 1.29 bits per heavy atom. The van der Waals surface area contributed by atoms with E-state index in [0.717, 1.165) is 17.9 Å². The zero-order chi connectivity index (χ0) is 12.1. The van der Waals surface area contributed by atoms with Gasteiger partial charge >= 0.3 is 0 Å². The van der Waals surface area contributed by atoms with E-state index in [-0.39, 0.29) is 0 Å². The van der Waals surface area contributed by atoms with Gasteiger partial charge in [0.2, 0.25) is 0 Å². The Balaban J connectivity index is 1.75. The summed E-state index contributed by atoms with van der Waals surface area (Å²) < 4.78 is 7.45. The minimum absolute atomic E-state index is 0.636. The molecule has 0 aliphatic rings. The molecular formula is C13H17N3O. The largest absolute Gasteiger partial charge is 0.396 e. The number of nitrogen functional groups attached to an aromatic ring is 1. The molecule has 4 nitrogen and oxygen atoms in total. The van der Waals surface area contributed by atoms with Gasteiger partial charge in [0.25, 0.3) is 0 Å². The van der Waals surface area contributed by atoms with Crippen LogP contribution in [0.2, 0.25) is 0 Å². The molecule has 0 aliphatic heterocycles. The number of aromatic nitrogens is 2. The summed E-state index contributed by atoms with van der Waals surface area (Å²) in [6.45, 7) is 3.96. The van der Waals surface area contributed by atoms with Crippen molar-refractivity contribution in [1.82, 2.24) is 9.78 Å². The summed E-state index contributed by atoms with van der Waals surface area (Å²) in [5, 5.41) is 4.17. The minimum atomic E-state index is 0.636.